The van der Waals surface area contributed by atoms with Crippen molar-refractivity contribution in [3.05, 3.63) is 47.8 Å². The lowest BCUT2D eigenvalue weighted by atomic mass is 10.1. The second-order valence-electron chi connectivity index (χ2n) is 7.05. The first-order chi connectivity index (χ1) is 13.5. The highest BCUT2D eigenvalue weighted by Crippen LogP contribution is 2.26. The largest absolute Gasteiger partial charge is 0.372 e. The van der Waals surface area contributed by atoms with Gasteiger partial charge in [0.1, 0.15) is 0 Å². The van der Waals surface area contributed by atoms with E-state index in [1.165, 1.54) is 11.3 Å². The van der Waals surface area contributed by atoms with Crippen molar-refractivity contribution in [3.8, 4) is 0 Å². The fourth-order valence-electron chi connectivity index (χ4n) is 3.39. The third-order valence-corrected chi connectivity index (χ3v) is 4.88. The van der Waals surface area contributed by atoms with Gasteiger partial charge in [0.05, 0.1) is 17.4 Å². The quantitative estimate of drug-likeness (QED) is 0.610. The monoisotopic (exact) mass is 382 g/mol. The second kappa shape index (κ2) is 10.7. The van der Waals surface area contributed by atoms with E-state index in [1.54, 1.807) is 12.4 Å². The number of aromatic nitrogens is 1. The van der Waals surface area contributed by atoms with Crippen LogP contribution in [0, 0.1) is 6.92 Å². The number of amides is 1. The molecule has 0 fully saturated rings. The first kappa shape index (κ1) is 21.7. The van der Waals surface area contributed by atoms with Crippen molar-refractivity contribution in [1.29, 1.82) is 0 Å². The number of hydrogen-bond donors (Lipinski definition) is 1. The van der Waals surface area contributed by atoms with Crippen molar-refractivity contribution in [2.24, 2.45) is 0 Å². The van der Waals surface area contributed by atoms with Gasteiger partial charge in [-0.25, -0.2) is 0 Å². The molecule has 0 saturated carbocycles. The van der Waals surface area contributed by atoms with Gasteiger partial charge in [0, 0.05) is 43.8 Å². The molecule has 2 rings (SSSR count). The lowest BCUT2D eigenvalue weighted by molar-refractivity contribution is 0.0755. The van der Waals surface area contributed by atoms with E-state index in [-0.39, 0.29) is 5.91 Å². The zero-order chi connectivity index (χ0) is 20.5. The van der Waals surface area contributed by atoms with Gasteiger partial charge in [0.2, 0.25) is 0 Å². The third-order valence-electron chi connectivity index (χ3n) is 4.88. The predicted octanol–water partition coefficient (Wildman–Crippen LogP) is 5.24. The van der Waals surface area contributed by atoms with E-state index in [9.17, 15) is 4.79 Å². The molecule has 0 aliphatic heterocycles. The van der Waals surface area contributed by atoms with E-state index < -0.39 is 0 Å². The molecule has 0 unspecified atom stereocenters. The summed E-state index contributed by atoms with van der Waals surface area (Å²) in [4.78, 5) is 21.4. The van der Waals surface area contributed by atoms with E-state index in [1.807, 2.05) is 11.0 Å². The van der Waals surface area contributed by atoms with Crippen LogP contribution in [-0.2, 0) is 0 Å². The molecule has 0 bridgehead atoms. The molecule has 1 heterocycles. The summed E-state index contributed by atoms with van der Waals surface area (Å²) in [5.74, 6) is 0.0495. The number of rotatable bonds is 10. The van der Waals surface area contributed by atoms with Crippen LogP contribution in [0.1, 0.15) is 56.5 Å². The maximum atomic E-state index is 12.8. The Morgan fingerprint density at radius 1 is 1.00 bits per heavy atom. The molecule has 2 aromatic rings. The lowest BCUT2D eigenvalue weighted by Gasteiger charge is -2.23. The molecule has 5 nitrogen and oxygen atoms in total. The third kappa shape index (κ3) is 5.47. The van der Waals surface area contributed by atoms with Crippen molar-refractivity contribution < 1.29 is 4.79 Å². The standard InChI is InChI=1S/C23H34N4O/c1-6-12-27(13-7-2)23(28)19-15-20(17-24-16-19)25-22-11-10-21(14-18(22)5)26(8-3)9-4/h10-11,14-17,25H,6-9,12-13H2,1-5H3. The Morgan fingerprint density at radius 3 is 2.25 bits per heavy atom. The predicted molar refractivity (Wildman–Crippen MR) is 119 cm³/mol. The number of aryl methyl sites for hydroxylation is 1. The van der Waals surface area contributed by atoms with Crippen LogP contribution in [0.3, 0.4) is 0 Å². The normalized spacial score (nSPS) is 10.6. The summed E-state index contributed by atoms with van der Waals surface area (Å²) in [6, 6.07) is 8.32. The fraction of sp³-hybridized carbons (Fsp3) is 0.478. The second-order valence-corrected chi connectivity index (χ2v) is 7.05. The Hall–Kier alpha value is -2.56. The van der Waals surface area contributed by atoms with Crippen LogP contribution in [0.2, 0.25) is 0 Å². The topological polar surface area (TPSA) is 48.5 Å². The number of hydrogen-bond acceptors (Lipinski definition) is 4. The van der Waals surface area contributed by atoms with Crippen molar-refractivity contribution in [2.45, 2.75) is 47.5 Å². The van der Waals surface area contributed by atoms with Gasteiger partial charge in [0.25, 0.3) is 5.91 Å². The number of benzene rings is 1. The smallest absolute Gasteiger partial charge is 0.255 e. The molecule has 1 N–H and O–H groups in total. The van der Waals surface area contributed by atoms with Crippen molar-refractivity contribution in [1.82, 2.24) is 9.88 Å². The molecule has 0 aliphatic carbocycles. The van der Waals surface area contributed by atoms with Crippen LogP contribution in [0.25, 0.3) is 0 Å². The Balaban J connectivity index is 2.19. The van der Waals surface area contributed by atoms with Gasteiger partial charge in [-0.2, -0.15) is 0 Å². The Kier molecular flexibility index (Phi) is 8.30. The summed E-state index contributed by atoms with van der Waals surface area (Å²) in [6.07, 6.45) is 5.32. The van der Waals surface area contributed by atoms with Gasteiger partial charge < -0.3 is 15.1 Å². The van der Waals surface area contributed by atoms with E-state index in [0.29, 0.717) is 5.56 Å². The van der Waals surface area contributed by atoms with Crippen LogP contribution >= 0.6 is 0 Å². The SMILES string of the molecule is CCCN(CCC)C(=O)c1cncc(Nc2ccc(N(CC)CC)cc2C)c1. The van der Waals surface area contributed by atoms with Crippen LogP contribution in [0.15, 0.2) is 36.7 Å². The van der Waals surface area contributed by atoms with Gasteiger partial charge in [-0.05, 0) is 63.4 Å². The van der Waals surface area contributed by atoms with Crippen molar-refractivity contribution in [2.75, 3.05) is 36.4 Å². The van der Waals surface area contributed by atoms with Crippen molar-refractivity contribution in [3.63, 3.8) is 0 Å². The highest BCUT2D eigenvalue weighted by atomic mass is 16.2. The molecule has 0 aliphatic rings. The summed E-state index contributed by atoms with van der Waals surface area (Å²) in [7, 11) is 0. The molecule has 1 aromatic carbocycles. The highest BCUT2D eigenvalue weighted by Gasteiger charge is 2.15. The number of pyridine rings is 1. The molecule has 0 saturated heterocycles. The van der Waals surface area contributed by atoms with Gasteiger partial charge in [-0.15, -0.1) is 0 Å². The summed E-state index contributed by atoms with van der Waals surface area (Å²) in [6.45, 7) is 14.1. The van der Waals surface area contributed by atoms with E-state index in [4.69, 9.17) is 0 Å². The zero-order valence-corrected chi connectivity index (χ0v) is 18.0. The molecule has 28 heavy (non-hydrogen) atoms. The number of carbonyl (C=O) groups excluding carboxylic acids is 1. The first-order valence-corrected chi connectivity index (χ1v) is 10.4. The molecular formula is C23H34N4O. The minimum atomic E-state index is 0.0495. The minimum absolute atomic E-state index is 0.0495. The number of nitrogens with one attached hydrogen (secondary N) is 1. The molecule has 1 aromatic heterocycles. The number of carbonyl (C=O) groups is 1. The lowest BCUT2D eigenvalue weighted by Crippen LogP contribution is -2.32. The highest BCUT2D eigenvalue weighted by molar-refractivity contribution is 5.95. The van der Waals surface area contributed by atoms with E-state index in [2.05, 4.69) is 68.0 Å². The summed E-state index contributed by atoms with van der Waals surface area (Å²) in [5, 5.41) is 3.42. The molecule has 152 valence electrons. The molecule has 1 amide bonds. The molecule has 5 heteroatoms. The van der Waals surface area contributed by atoms with Gasteiger partial charge in [-0.3, -0.25) is 9.78 Å². The Morgan fingerprint density at radius 2 is 1.68 bits per heavy atom. The van der Waals surface area contributed by atoms with Crippen LogP contribution < -0.4 is 10.2 Å². The average molecular weight is 383 g/mol. The first-order valence-electron chi connectivity index (χ1n) is 10.4. The van der Waals surface area contributed by atoms with Crippen molar-refractivity contribution >= 4 is 23.0 Å². The number of nitrogens with zero attached hydrogens (tertiary/aromatic N) is 3. The van der Waals surface area contributed by atoms with Crippen LogP contribution in [0.5, 0.6) is 0 Å². The maximum Gasteiger partial charge on any atom is 0.255 e. The Labute approximate surface area is 169 Å². The summed E-state index contributed by atoms with van der Waals surface area (Å²) < 4.78 is 0. The fourth-order valence-corrected chi connectivity index (χ4v) is 3.39. The minimum Gasteiger partial charge on any atom is -0.372 e. The molecule has 0 spiro atoms. The zero-order valence-electron chi connectivity index (χ0n) is 18.0. The average Bonchev–Trinajstić information content (AvgIpc) is 2.70. The summed E-state index contributed by atoms with van der Waals surface area (Å²) >= 11 is 0. The molecule has 0 radical (unpaired) electrons. The van der Waals surface area contributed by atoms with E-state index in [0.717, 1.165) is 50.4 Å². The van der Waals surface area contributed by atoms with Gasteiger partial charge in [-0.1, -0.05) is 13.8 Å². The Bertz CT molecular complexity index is 765. The van der Waals surface area contributed by atoms with Crippen LogP contribution in [-0.4, -0.2) is 42.0 Å². The van der Waals surface area contributed by atoms with Gasteiger partial charge in [0.15, 0.2) is 0 Å². The molecule has 0 atom stereocenters. The summed E-state index contributed by atoms with van der Waals surface area (Å²) in [5.41, 5.74) is 4.88. The van der Waals surface area contributed by atoms with E-state index >= 15 is 0 Å². The molecular weight excluding hydrogens is 348 g/mol. The number of anilines is 3. The van der Waals surface area contributed by atoms with Crippen LogP contribution in [0.4, 0.5) is 17.1 Å². The van der Waals surface area contributed by atoms with Gasteiger partial charge >= 0.3 is 0 Å². The maximum absolute atomic E-state index is 12.8.